The van der Waals surface area contributed by atoms with Crippen molar-refractivity contribution in [3.05, 3.63) is 35.4 Å². The summed E-state index contributed by atoms with van der Waals surface area (Å²) in [6.45, 7) is 4.49. The lowest BCUT2D eigenvalue weighted by molar-refractivity contribution is -0.117. The zero-order valence-corrected chi connectivity index (χ0v) is 9.75. The Bertz CT molecular complexity index is 385. The zero-order chi connectivity index (χ0) is 12.0. The Morgan fingerprint density at radius 1 is 1.31 bits per heavy atom. The molecular formula is C13H17NO2. The van der Waals surface area contributed by atoms with Gasteiger partial charge < -0.3 is 5.32 Å². The molecular weight excluding hydrogens is 202 g/mol. The molecule has 0 saturated heterocycles. The molecule has 0 aliphatic carbocycles. The molecule has 1 aromatic rings. The first-order valence-electron chi connectivity index (χ1n) is 5.54. The third kappa shape index (κ3) is 3.50. The average molecular weight is 219 g/mol. The van der Waals surface area contributed by atoms with E-state index < -0.39 is 11.7 Å². The number of hydrogen-bond donors (Lipinski definition) is 1. The standard InChI is InChI=1S/C13H17NO2/c1-3-4-8-14-13(16)12(15)11-7-5-6-10(2)9-11/h5-7,9H,3-4,8H2,1-2H3,(H,14,16). The SMILES string of the molecule is CCCCNC(=O)C(=O)c1cccc(C)c1. The van der Waals surface area contributed by atoms with Crippen LogP contribution in [0.2, 0.25) is 0 Å². The number of ketones is 1. The maximum absolute atomic E-state index is 11.7. The first-order chi connectivity index (χ1) is 7.65. The van der Waals surface area contributed by atoms with Crippen LogP contribution in [0.25, 0.3) is 0 Å². The molecule has 0 bridgehead atoms. The Labute approximate surface area is 95.9 Å². The molecule has 0 atom stereocenters. The first kappa shape index (κ1) is 12.4. The van der Waals surface area contributed by atoms with Crippen molar-refractivity contribution in [2.45, 2.75) is 26.7 Å². The van der Waals surface area contributed by atoms with Crippen molar-refractivity contribution >= 4 is 11.7 Å². The molecule has 0 aromatic heterocycles. The lowest BCUT2D eigenvalue weighted by Crippen LogP contribution is -2.31. The summed E-state index contributed by atoms with van der Waals surface area (Å²) in [5, 5.41) is 2.61. The molecule has 3 heteroatoms. The number of unbranched alkanes of at least 4 members (excludes halogenated alkanes) is 1. The lowest BCUT2D eigenvalue weighted by Gasteiger charge is -2.03. The van der Waals surface area contributed by atoms with Gasteiger partial charge in [-0.1, -0.05) is 37.1 Å². The van der Waals surface area contributed by atoms with Gasteiger partial charge in [-0.05, 0) is 19.4 Å². The zero-order valence-electron chi connectivity index (χ0n) is 9.75. The number of carbonyl (C=O) groups excluding carboxylic acids is 2. The molecule has 0 heterocycles. The molecule has 0 saturated carbocycles. The van der Waals surface area contributed by atoms with E-state index in [9.17, 15) is 9.59 Å². The van der Waals surface area contributed by atoms with Crippen LogP contribution in [0.5, 0.6) is 0 Å². The molecule has 0 spiro atoms. The van der Waals surface area contributed by atoms with Crippen molar-refractivity contribution in [2.24, 2.45) is 0 Å². The van der Waals surface area contributed by atoms with Crippen molar-refractivity contribution in [1.82, 2.24) is 5.32 Å². The van der Waals surface area contributed by atoms with Crippen molar-refractivity contribution in [1.29, 1.82) is 0 Å². The van der Waals surface area contributed by atoms with E-state index in [0.29, 0.717) is 12.1 Å². The number of rotatable bonds is 5. The Kier molecular flexibility index (Phi) is 4.70. The molecule has 16 heavy (non-hydrogen) atoms. The van der Waals surface area contributed by atoms with E-state index in [1.807, 2.05) is 19.9 Å². The molecule has 0 aliphatic heterocycles. The number of aryl methyl sites for hydroxylation is 1. The summed E-state index contributed by atoms with van der Waals surface area (Å²) < 4.78 is 0. The maximum Gasteiger partial charge on any atom is 0.292 e. The largest absolute Gasteiger partial charge is 0.349 e. The molecule has 1 amide bonds. The minimum Gasteiger partial charge on any atom is -0.349 e. The summed E-state index contributed by atoms with van der Waals surface area (Å²) in [5.74, 6) is -0.973. The van der Waals surface area contributed by atoms with Gasteiger partial charge in [-0.3, -0.25) is 9.59 Å². The van der Waals surface area contributed by atoms with Crippen molar-refractivity contribution in [3.8, 4) is 0 Å². The first-order valence-corrected chi connectivity index (χ1v) is 5.54. The summed E-state index contributed by atoms with van der Waals surface area (Å²) >= 11 is 0. The Balaban J connectivity index is 2.60. The summed E-state index contributed by atoms with van der Waals surface area (Å²) in [6, 6.07) is 7.06. The highest BCUT2D eigenvalue weighted by Crippen LogP contribution is 2.04. The molecule has 0 aliphatic rings. The van der Waals surface area contributed by atoms with Gasteiger partial charge in [0.2, 0.25) is 5.78 Å². The normalized spacial score (nSPS) is 9.88. The molecule has 0 unspecified atom stereocenters. The van der Waals surface area contributed by atoms with Crippen LogP contribution in [-0.2, 0) is 4.79 Å². The monoisotopic (exact) mass is 219 g/mol. The van der Waals surface area contributed by atoms with Crippen LogP contribution in [0.4, 0.5) is 0 Å². The fraction of sp³-hybridized carbons (Fsp3) is 0.385. The predicted octanol–water partition coefficient (Wildman–Crippen LogP) is 2.09. The third-order valence-electron chi connectivity index (χ3n) is 2.30. The predicted molar refractivity (Wildman–Crippen MR) is 63.4 cm³/mol. The minimum atomic E-state index is -0.515. The van der Waals surface area contributed by atoms with Crippen LogP contribution in [0, 0.1) is 6.92 Å². The second kappa shape index (κ2) is 6.05. The molecule has 1 N–H and O–H groups in total. The van der Waals surface area contributed by atoms with Crippen LogP contribution < -0.4 is 5.32 Å². The van der Waals surface area contributed by atoms with Crippen LogP contribution in [-0.4, -0.2) is 18.2 Å². The number of benzene rings is 1. The van der Waals surface area contributed by atoms with Gasteiger partial charge in [0.1, 0.15) is 0 Å². The highest BCUT2D eigenvalue weighted by Gasteiger charge is 2.14. The number of Topliss-reactive ketones (excluding diaryl/α,β-unsaturated/α-hetero) is 1. The molecule has 1 aromatic carbocycles. The van der Waals surface area contributed by atoms with E-state index in [4.69, 9.17) is 0 Å². The highest BCUT2D eigenvalue weighted by molar-refractivity contribution is 6.42. The fourth-order valence-corrected chi connectivity index (χ4v) is 1.38. The summed E-state index contributed by atoms with van der Waals surface area (Å²) in [5.41, 5.74) is 1.43. The number of nitrogens with one attached hydrogen (secondary N) is 1. The van der Waals surface area contributed by atoms with E-state index in [2.05, 4.69) is 5.32 Å². The number of carbonyl (C=O) groups is 2. The van der Waals surface area contributed by atoms with E-state index >= 15 is 0 Å². The quantitative estimate of drug-likeness (QED) is 0.468. The average Bonchev–Trinajstić information content (AvgIpc) is 2.28. The van der Waals surface area contributed by atoms with Gasteiger partial charge in [0, 0.05) is 12.1 Å². The summed E-state index contributed by atoms with van der Waals surface area (Å²) in [7, 11) is 0. The van der Waals surface area contributed by atoms with Crippen molar-refractivity contribution in [3.63, 3.8) is 0 Å². The Morgan fingerprint density at radius 3 is 2.69 bits per heavy atom. The summed E-state index contributed by atoms with van der Waals surface area (Å²) in [4.78, 5) is 23.1. The summed E-state index contributed by atoms with van der Waals surface area (Å²) in [6.07, 6.45) is 1.89. The van der Waals surface area contributed by atoms with Crippen molar-refractivity contribution in [2.75, 3.05) is 6.54 Å². The van der Waals surface area contributed by atoms with E-state index in [1.54, 1.807) is 18.2 Å². The Hall–Kier alpha value is -1.64. The molecule has 0 fully saturated rings. The lowest BCUT2D eigenvalue weighted by atomic mass is 10.1. The number of hydrogen-bond acceptors (Lipinski definition) is 2. The van der Waals surface area contributed by atoms with E-state index in [1.165, 1.54) is 0 Å². The third-order valence-corrected chi connectivity index (χ3v) is 2.30. The van der Waals surface area contributed by atoms with Gasteiger partial charge in [-0.25, -0.2) is 0 Å². The Morgan fingerprint density at radius 2 is 2.06 bits per heavy atom. The van der Waals surface area contributed by atoms with Crippen LogP contribution in [0.1, 0.15) is 35.7 Å². The van der Waals surface area contributed by atoms with E-state index in [-0.39, 0.29) is 0 Å². The van der Waals surface area contributed by atoms with Gasteiger partial charge in [0.15, 0.2) is 0 Å². The second-order valence-electron chi connectivity index (χ2n) is 3.81. The maximum atomic E-state index is 11.7. The van der Waals surface area contributed by atoms with Crippen LogP contribution in [0.3, 0.4) is 0 Å². The van der Waals surface area contributed by atoms with Gasteiger partial charge in [0.25, 0.3) is 5.91 Å². The van der Waals surface area contributed by atoms with Gasteiger partial charge >= 0.3 is 0 Å². The molecule has 1 rings (SSSR count). The topological polar surface area (TPSA) is 46.2 Å². The van der Waals surface area contributed by atoms with Crippen LogP contribution >= 0.6 is 0 Å². The number of amides is 1. The van der Waals surface area contributed by atoms with E-state index in [0.717, 1.165) is 18.4 Å². The van der Waals surface area contributed by atoms with Crippen molar-refractivity contribution < 1.29 is 9.59 Å². The minimum absolute atomic E-state index is 0.453. The fourth-order valence-electron chi connectivity index (χ4n) is 1.38. The molecule has 0 radical (unpaired) electrons. The molecule has 86 valence electrons. The van der Waals surface area contributed by atoms with Gasteiger partial charge in [-0.15, -0.1) is 0 Å². The van der Waals surface area contributed by atoms with Crippen LogP contribution in [0.15, 0.2) is 24.3 Å². The second-order valence-corrected chi connectivity index (χ2v) is 3.81. The molecule has 3 nitrogen and oxygen atoms in total. The smallest absolute Gasteiger partial charge is 0.292 e. The van der Waals surface area contributed by atoms with Gasteiger partial charge in [-0.2, -0.15) is 0 Å². The highest BCUT2D eigenvalue weighted by atomic mass is 16.2. The van der Waals surface area contributed by atoms with Gasteiger partial charge in [0.05, 0.1) is 0 Å².